The van der Waals surface area contributed by atoms with Gasteiger partial charge in [0.1, 0.15) is 0 Å². The van der Waals surface area contributed by atoms with Gasteiger partial charge in [0.15, 0.2) is 12.4 Å². The van der Waals surface area contributed by atoms with Crippen LogP contribution in [0.5, 0.6) is 0 Å². The van der Waals surface area contributed by atoms with Crippen molar-refractivity contribution in [2.24, 2.45) is 0 Å². The van der Waals surface area contributed by atoms with Gasteiger partial charge in [-0.2, -0.15) is 0 Å². The van der Waals surface area contributed by atoms with Crippen molar-refractivity contribution in [3.63, 3.8) is 0 Å². The first-order chi connectivity index (χ1) is 13.4. The number of furan rings is 1. The predicted octanol–water partition coefficient (Wildman–Crippen LogP) is 2.31. The van der Waals surface area contributed by atoms with Crippen LogP contribution in [-0.2, 0) is 9.53 Å². The quantitative estimate of drug-likeness (QED) is 0.626. The van der Waals surface area contributed by atoms with E-state index in [1.165, 1.54) is 36.6 Å². The Hall–Kier alpha value is -3.62. The van der Waals surface area contributed by atoms with Crippen LogP contribution < -0.4 is 16.0 Å². The third kappa shape index (κ3) is 6.27. The lowest BCUT2D eigenvalue weighted by Gasteiger charge is -2.11. The van der Waals surface area contributed by atoms with Crippen molar-refractivity contribution < 1.29 is 28.3 Å². The van der Waals surface area contributed by atoms with Crippen LogP contribution in [0.25, 0.3) is 0 Å². The number of anilines is 1. The molecule has 0 bridgehead atoms. The van der Waals surface area contributed by atoms with E-state index >= 15 is 0 Å². The molecule has 1 atom stereocenters. The summed E-state index contributed by atoms with van der Waals surface area (Å²) in [7, 11) is 0. The van der Waals surface area contributed by atoms with Gasteiger partial charge in [-0.25, -0.2) is 9.59 Å². The van der Waals surface area contributed by atoms with E-state index in [1.54, 1.807) is 13.0 Å². The number of urea groups is 1. The molecule has 9 nitrogen and oxygen atoms in total. The van der Waals surface area contributed by atoms with Gasteiger partial charge in [0, 0.05) is 11.7 Å². The molecule has 0 unspecified atom stereocenters. The number of nitrogens with one attached hydrogen (secondary N) is 3. The van der Waals surface area contributed by atoms with E-state index in [2.05, 4.69) is 16.0 Å². The molecule has 9 heteroatoms. The Kier molecular flexibility index (Phi) is 7.32. The minimum atomic E-state index is -0.739. The van der Waals surface area contributed by atoms with E-state index in [-0.39, 0.29) is 17.4 Å². The second kappa shape index (κ2) is 9.91. The van der Waals surface area contributed by atoms with E-state index in [0.29, 0.717) is 12.1 Å². The monoisotopic (exact) mass is 387 g/mol. The number of esters is 1. The lowest BCUT2D eigenvalue weighted by atomic mass is 10.2. The van der Waals surface area contributed by atoms with Gasteiger partial charge in [0.2, 0.25) is 0 Å². The van der Waals surface area contributed by atoms with Crippen LogP contribution in [0.3, 0.4) is 0 Å². The SMILES string of the molecule is CC[C@H](C)NC(=O)NC(=O)COC(=O)c1ccc(NC(=O)c2ccco2)cc1. The third-order valence-corrected chi connectivity index (χ3v) is 3.70. The Morgan fingerprint density at radius 2 is 1.82 bits per heavy atom. The number of amides is 4. The molecule has 1 aromatic heterocycles. The molecule has 0 saturated carbocycles. The molecule has 0 aliphatic heterocycles. The van der Waals surface area contributed by atoms with Crippen molar-refractivity contribution in [3.8, 4) is 0 Å². The first kappa shape index (κ1) is 20.7. The molecule has 0 aliphatic rings. The number of carbonyl (C=O) groups excluding carboxylic acids is 4. The highest BCUT2D eigenvalue weighted by Gasteiger charge is 2.14. The summed E-state index contributed by atoms with van der Waals surface area (Å²) in [5.74, 6) is -1.74. The Bertz CT molecular complexity index is 830. The Balaban J connectivity index is 1.80. The van der Waals surface area contributed by atoms with Crippen LogP contribution in [0.15, 0.2) is 47.1 Å². The first-order valence-electron chi connectivity index (χ1n) is 8.61. The fourth-order valence-corrected chi connectivity index (χ4v) is 2.03. The molecule has 4 amide bonds. The molecule has 0 fully saturated rings. The average Bonchev–Trinajstić information content (AvgIpc) is 3.21. The lowest BCUT2D eigenvalue weighted by Crippen LogP contribution is -2.44. The summed E-state index contributed by atoms with van der Waals surface area (Å²) >= 11 is 0. The molecule has 0 saturated heterocycles. The Morgan fingerprint density at radius 3 is 2.43 bits per heavy atom. The molecule has 3 N–H and O–H groups in total. The summed E-state index contributed by atoms with van der Waals surface area (Å²) < 4.78 is 9.85. The second-order valence-electron chi connectivity index (χ2n) is 5.92. The van der Waals surface area contributed by atoms with Crippen LogP contribution in [0.4, 0.5) is 10.5 Å². The molecule has 28 heavy (non-hydrogen) atoms. The smallest absolute Gasteiger partial charge is 0.338 e. The molecule has 2 aromatic rings. The van der Waals surface area contributed by atoms with Gasteiger partial charge in [-0.15, -0.1) is 0 Å². The number of benzene rings is 1. The molecule has 148 valence electrons. The number of ether oxygens (including phenoxy) is 1. The van der Waals surface area contributed by atoms with Gasteiger partial charge >= 0.3 is 12.0 Å². The standard InChI is InChI=1S/C19H21N3O6/c1-3-12(2)20-19(26)22-16(23)11-28-18(25)13-6-8-14(9-7-13)21-17(24)15-5-4-10-27-15/h4-10,12H,3,11H2,1-2H3,(H,21,24)(H2,20,22,23,26)/t12-/m0/s1. The predicted molar refractivity (Wildman–Crippen MR) is 99.8 cm³/mol. The highest BCUT2D eigenvalue weighted by Crippen LogP contribution is 2.12. The molecule has 1 heterocycles. The summed E-state index contributed by atoms with van der Waals surface area (Å²) in [6, 6.07) is 8.29. The van der Waals surface area contributed by atoms with Crippen molar-refractivity contribution in [3.05, 3.63) is 54.0 Å². The lowest BCUT2D eigenvalue weighted by molar-refractivity contribution is -0.123. The van der Waals surface area contributed by atoms with Crippen LogP contribution in [0.1, 0.15) is 41.2 Å². The highest BCUT2D eigenvalue weighted by molar-refractivity contribution is 6.02. The molecular weight excluding hydrogens is 366 g/mol. The summed E-state index contributed by atoms with van der Waals surface area (Å²) in [4.78, 5) is 47.0. The zero-order valence-corrected chi connectivity index (χ0v) is 15.5. The van der Waals surface area contributed by atoms with Crippen LogP contribution >= 0.6 is 0 Å². The number of carbonyl (C=O) groups is 4. The van der Waals surface area contributed by atoms with E-state index < -0.39 is 30.4 Å². The Labute approximate surface area is 161 Å². The molecule has 0 spiro atoms. The third-order valence-electron chi connectivity index (χ3n) is 3.70. The average molecular weight is 387 g/mol. The molecule has 1 aromatic carbocycles. The maximum absolute atomic E-state index is 12.0. The molecule has 0 radical (unpaired) electrons. The van der Waals surface area contributed by atoms with E-state index in [1.807, 2.05) is 6.92 Å². The van der Waals surface area contributed by atoms with E-state index in [4.69, 9.17) is 9.15 Å². The zero-order chi connectivity index (χ0) is 20.5. The maximum atomic E-state index is 12.0. The molecule has 0 aliphatic carbocycles. The largest absolute Gasteiger partial charge is 0.459 e. The Morgan fingerprint density at radius 1 is 1.11 bits per heavy atom. The van der Waals surface area contributed by atoms with Gasteiger partial charge in [-0.05, 0) is 49.7 Å². The topological polar surface area (TPSA) is 127 Å². The number of rotatable bonds is 7. The minimum absolute atomic E-state index is 0.0814. The first-order valence-corrected chi connectivity index (χ1v) is 8.61. The summed E-state index contributed by atoms with van der Waals surface area (Å²) in [5, 5.41) is 7.24. The van der Waals surface area contributed by atoms with Crippen LogP contribution in [0, 0.1) is 0 Å². The van der Waals surface area contributed by atoms with Gasteiger partial charge in [0.05, 0.1) is 11.8 Å². The second-order valence-corrected chi connectivity index (χ2v) is 5.92. The molecular formula is C19H21N3O6. The van der Waals surface area contributed by atoms with Crippen molar-refractivity contribution in [1.82, 2.24) is 10.6 Å². The summed E-state index contributed by atoms with van der Waals surface area (Å²) in [5.41, 5.74) is 0.644. The fourth-order valence-electron chi connectivity index (χ4n) is 2.03. The van der Waals surface area contributed by atoms with Crippen molar-refractivity contribution in [2.75, 3.05) is 11.9 Å². The maximum Gasteiger partial charge on any atom is 0.338 e. The van der Waals surface area contributed by atoms with Gasteiger partial charge < -0.3 is 19.8 Å². The molecule has 2 rings (SSSR count). The van der Waals surface area contributed by atoms with Crippen LogP contribution in [-0.4, -0.2) is 36.5 Å². The normalized spacial score (nSPS) is 11.2. The zero-order valence-electron chi connectivity index (χ0n) is 15.5. The van der Waals surface area contributed by atoms with Gasteiger partial charge in [-0.1, -0.05) is 6.92 Å². The van der Waals surface area contributed by atoms with Crippen molar-refractivity contribution >= 4 is 29.5 Å². The summed E-state index contributed by atoms with van der Waals surface area (Å²) in [6.07, 6.45) is 2.10. The van der Waals surface area contributed by atoms with Crippen LogP contribution in [0.2, 0.25) is 0 Å². The highest BCUT2D eigenvalue weighted by atomic mass is 16.5. The summed E-state index contributed by atoms with van der Waals surface area (Å²) in [6.45, 7) is 3.09. The fraction of sp³-hybridized carbons (Fsp3) is 0.263. The van der Waals surface area contributed by atoms with Crippen molar-refractivity contribution in [2.45, 2.75) is 26.3 Å². The number of imide groups is 1. The van der Waals surface area contributed by atoms with Gasteiger partial charge in [-0.3, -0.25) is 14.9 Å². The van der Waals surface area contributed by atoms with Crippen molar-refractivity contribution in [1.29, 1.82) is 0 Å². The number of hydrogen-bond donors (Lipinski definition) is 3. The van der Waals surface area contributed by atoms with Gasteiger partial charge in [0.25, 0.3) is 11.8 Å². The number of hydrogen-bond acceptors (Lipinski definition) is 6. The van der Waals surface area contributed by atoms with E-state index in [0.717, 1.165) is 0 Å². The minimum Gasteiger partial charge on any atom is -0.459 e. The van der Waals surface area contributed by atoms with E-state index in [9.17, 15) is 19.2 Å².